The summed E-state index contributed by atoms with van der Waals surface area (Å²) in [4.78, 5) is 58.4. The summed E-state index contributed by atoms with van der Waals surface area (Å²) < 4.78 is 24.0. The van der Waals surface area contributed by atoms with Crippen LogP contribution in [0.1, 0.15) is 32.8 Å². The Kier molecular flexibility index (Phi) is 12.1. The van der Waals surface area contributed by atoms with Gasteiger partial charge in [-0.3, -0.25) is 29.1 Å². The van der Waals surface area contributed by atoms with Crippen molar-refractivity contribution in [1.82, 2.24) is 20.9 Å². The van der Waals surface area contributed by atoms with Gasteiger partial charge in [0.25, 0.3) is 0 Å². The number of hydrogen-bond acceptors (Lipinski definition) is 8. The predicted octanol–water partition coefficient (Wildman–Crippen LogP) is 1.24. The summed E-state index contributed by atoms with van der Waals surface area (Å²) in [7, 11) is 0. The van der Waals surface area contributed by atoms with Crippen molar-refractivity contribution in [2.45, 2.75) is 57.3 Å². The van der Waals surface area contributed by atoms with Crippen molar-refractivity contribution in [3.63, 3.8) is 0 Å². The summed E-state index contributed by atoms with van der Waals surface area (Å²) in [5.41, 5.74) is 0.0661. The van der Waals surface area contributed by atoms with E-state index < -0.39 is 41.4 Å². The molecule has 0 aromatic heterocycles. The van der Waals surface area contributed by atoms with Gasteiger partial charge in [-0.2, -0.15) is 0 Å². The summed E-state index contributed by atoms with van der Waals surface area (Å²) >= 11 is 0. The van der Waals surface area contributed by atoms with E-state index in [1.807, 2.05) is 35.2 Å². The van der Waals surface area contributed by atoms with Gasteiger partial charge < -0.3 is 25.4 Å². The average Bonchev–Trinajstić information content (AvgIpc) is 3.72. The third kappa shape index (κ3) is 10.3. The number of carbonyl (C=O) groups excluding carboxylic acids is 4. The summed E-state index contributed by atoms with van der Waals surface area (Å²) in [6.07, 6.45) is 2.60. The molecule has 2 saturated heterocycles. The number of ketones is 1. The SMILES string of the molecule is C=N/C(=C\C=C(/C)F)CC(NC(=O)C(C)NC(=O)CN1CCOCC1)C(=O)NC(Cc1ccccc1)C(=O)[C@@]1(C)CO1. The van der Waals surface area contributed by atoms with Gasteiger partial charge in [0.1, 0.15) is 17.7 Å². The number of allylic oxidation sites excluding steroid dienone is 3. The number of halogens is 1. The van der Waals surface area contributed by atoms with Crippen LogP contribution in [0.2, 0.25) is 0 Å². The minimum atomic E-state index is -1.21. The first kappa shape index (κ1) is 32.8. The number of ether oxygens (including phenoxy) is 2. The molecule has 42 heavy (non-hydrogen) atoms. The Morgan fingerprint density at radius 3 is 2.31 bits per heavy atom. The summed E-state index contributed by atoms with van der Waals surface area (Å²) in [5, 5.41) is 8.09. The number of rotatable bonds is 15. The lowest BCUT2D eigenvalue weighted by Gasteiger charge is -2.27. The number of amides is 3. The second-order valence-corrected chi connectivity index (χ2v) is 10.6. The van der Waals surface area contributed by atoms with Crippen LogP contribution >= 0.6 is 0 Å². The molecular formula is C30H40FN5O6. The molecule has 3 amide bonds. The van der Waals surface area contributed by atoms with Gasteiger partial charge in [0.05, 0.1) is 38.2 Å². The molecule has 2 aliphatic rings. The number of aliphatic imine (C=N–C) groups is 1. The van der Waals surface area contributed by atoms with Gasteiger partial charge in [0.2, 0.25) is 17.7 Å². The highest BCUT2D eigenvalue weighted by molar-refractivity contribution is 5.98. The van der Waals surface area contributed by atoms with Gasteiger partial charge >= 0.3 is 0 Å². The second kappa shape index (κ2) is 15.5. The van der Waals surface area contributed by atoms with Gasteiger partial charge in [-0.1, -0.05) is 30.3 Å². The molecule has 11 nitrogen and oxygen atoms in total. The highest BCUT2D eigenvalue weighted by Gasteiger charge is 2.50. The lowest BCUT2D eigenvalue weighted by atomic mass is 9.94. The molecule has 0 saturated carbocycles. The first-order valence-corrected chi connectivity index (χ1v) is 13.9. The fraction of sp³-hybridized carbons (Fsp3) is 0.500. The quantitative estimate of drug-likeness (QED) is 0.160. The van der Waals surface area contributed by atoms with E-state index in [0.717, 1.165) is 5.56 Å². The number of carbonyl (C=O) groups is 4. The van der Waals surface area contributed by atoms with Crippen molar-refractivity contribution in [2.75, 3.05) is 39.5 Å². The van der Waals surface area contributed by atoms with Gasteiger partial charge in [0, 0.05) is 25.2 Å². The molecule has 228 valence electrons. The van der Waals surface area contributed by atoms with Crippen molar-refractivity contribution in [3.8, 4) is 0 Å². The number of Topliss-reactive ketones (excluding diaryl/α,β-unsaturated/α-hetero) is 1. The zero-order valence-electron chi connectivity index (χ0n) is 24.4. The van der Waals surface area contributed by atoms with Crippen LogP contribution in [0.25, 0.3) is 0 Å². The summed E-state index contributed by atoms with van der Waals surface area (Å²) in [6.45, 7) is 10.6. The molecule has 0 spiro atoms. The Morgan fingerprint density at radius 2 is 1.71 bits per heavy atom. The van der Waals surface area contributed by atoms with E-state index >= 15 is 0 Å². The normalized spacial score (nSPS) is 21.4. The van der Waals surface area contributed by atoms with E-state index in [1.54, 1.807) is 6.92 Å². The summed E-state index contributed by atoms with van der Waals surface area (Å²) in [6, 6.07) is 6.09. The first-order chi connectivity index (χ1) is 20.0. The van der Waals surface area contributed by atoms with Crippen LogP contribution in [-0.2, 0) is 35.1 Å². The number of morpholine rings is 1. The van der Waals surface area contributed by atoms with E-state index in [0.29, 0.717) is 26.3 Å². The lowest BCUT2D eigenvalue weighted by molar-refractivity contribution is -0.134. The molecule has 4 atom stereocenters. The monoisotopic (exact) mass is 585 g/mol. The Morgan fingerprint density at radius 1 is 1.07 bits per heavy atom. The van der Waals surface area contributed by atoms with Crippen molar-refractivity contribution in [1.29, 1.82) is 0 Å². The Bertz CT molecular complexity index is 1190. The van der Waals surface area contributed by atoms with E-state index in [4.69, 9.17) is 9.47 Å². The van der Waals surface area contributed by atoms with Gasteiger partial charge in [-0.25, -0.2) is 4.39 Å². The molecule has 1 aromatic carbocycles. The third-order valence-corrected chi connectivity index (χ3v) is 7.01. The van der Waals surface area contributed by atoms with Crippen LogP contribution in [0.3, 0.4) is 0 Å². The van der Waals surface area contributed by atoms with E-state index in [9.17, 15) is 23.6 Å². The number of benzene rings is 1. The van der Waals surface area contributed by atoms with E-state index in [2.05, 4.69) is 27.7 Å². The molecule has 2 fully saturated rings. The number of hydrogen-bond donors (Lipinski definition) is 3. The molecule has 0 aliphatic carbocycles. The predicted molar refractivity (Wildman–Crippen MR) is 155 cm³/mol. The topological polar surface area (TPSA) is 142 Å². The standard InChI is InChI=1S/C30H40FN5O6/c1-20(31)10-11-23(32-4)17-25(35-28(39)21(2)33-26(37)18-36-12-14-41-15-13-36)29(40)34-24(27(38)30(3)19-42-30)16-22-8-6-5-7-9-22/h5-11,21,24-25H,4,12-19H2,1-3H3,(H,33,37)(H,34,40)(H,35,39)/b20-10+,23-11-/t21?,24?,25?,30-/m1/s1. The Balaban J connectivity index is 1.75. The maximum atomic E-state index is 13.6. The van der Waals surface area contributed by atoms with Gasteiger partial charge in [0.15, 0.2) is 5.78 Å². The van der Waals surface area contributed by atoms with Crippen LogP contribution < -0.4 is 16.0 Å². The molecule has 2 aliphatic heterocycles. The minimum absolute atomic E-state index is 0.108. The Hall–Kier alpha value is -3.74. The zero-order valence-corrected chi connectivity index (χ0v) is 24.4. The van der Waals surface area contributed by atoms with Crippen molar-refractivity contribution >= 4 is 30.2 Å². The minimum Gasteiger partial charge on any atom is -0.379 e. The fourth-order valence-electron chi connectivity index (χ4n) is 4.38. The Labute approximate surface area is 245 Å². The van der Waals surface area contributed by atoms with Crippen LogP contribution in [-0.4, -0.2) is 98.3 Å². The first-order valence-electron chi connectivity index (χ1n) is 13.9. The number of nitrogens with zero attached hydrogens (tertiary/aromatic N) is 2. The molecule has 1 aromatic rings. The van der Waals surface area contributed by atoms with E-state index in [1.165, 1.54) is 26.0 Å². The van der Waals surface area contributed by atoms with Crippen molar-refractivity contribution < 1.29 is 33.0 Å². The lowest BCUT2D eigenvalue weighted by Crippen LogP contribution is -2.57. The largest absolute Gasteiger partial charge is 0.379 e. The maximum absolute atomic E-state index is 13.6. The highest BCUT2D eigenvalue weighted by atomic mass is 19.1. The van der Waals surface area contributed by atoms with Crippen molar-refractivity contribution in [3.05, 3.63) is 59.6 Å². The maximum Gasteiger partial charge on any atom is 0.243 e. The highest BCUT2D eigenvalue weighted by Crippen LogP contribution is 2.29. The van der Waals surface area contributed by atoms with Crippen LogP contribution in [0.5, 0.6) is 0 Å². The third-order valence-electron chi connectivity index (χ3n) is 7.01. The van der Waals surface area contributed by atoms with Crippen molar-refractivity contribution in [2.24, 2.45) is 4.99 Å². The molecule has 12 heteroatoms. The molecule has 0 bridgehead atoms. The average molecular weight is 586 g/mol. The number of epoxide rings is 1. The van der Waals surface area contributed by atoms with Crippen LogP contribution in [0.15, 0.2) is 59.0 Å². The van der Waals surface area contributed by atoms with Crippen LogP contribution in [0.4, 0.5) is 4.39 Å². The molecular weight excluding hydrogens is 545 g/mol. The molecule has 3 unspecified atom stereocenters. The van der Waals surface area contributed by atoms with Gasteiger partial charge in [-0.15, -0.1) is 0 Å². The zero-order chi connectivity index (χ0) is 30.7. The van der Waals surface area contributed by atoms with Crippen LogP contribution in [0, 0.1) is 0 Å². The molecule has 2 heterocycles. The van der Waals surface area contributed by atoms with Gasteiger partial charge in [-0.05, 0) is 51.6 Å². The number of nitrogens with one attached hydrogen (secondary N) is 3. The molecule has 0 radical (unpaired) electrons. The second-order valence-electron chi connectivity index (χ2n) is 10.6. The summed E-state index contributed by atoms with van der Waals surface area (Å²) in [5.74, 6) is -2.38. The molecule has 3 rings (SSSR count). The van der Waals surface area contributed by atoms with E-state index in [-0.39, 0.29) is 43.4 Å². The fourth-order valence-corrected chi connectivity index (χ4v) is 4.38. The smallest absolute Gasteiger partial charge is 0.243 e. The molecule has 3 N–H and O–H groups in total.